The second kappa shape index (κ2) is 8.59. The van der Waals surface area contributed by atoms with Crippen LogP contribution in [0.5, 0.6) is 5.75 Å². The van der Waals surface area contributed by atoms with E-state index in [1.807, 2.05) is 20.8 Å². The van der Waals surface area contributed by atoms with Crippen molar-refractivity contribution in [3.05, 3.63) is 46.0 Å². The molecule has 0 aliphatic heterocycles. The van der Waals surface area contributed by atoms with Gasteiger partial charge in [0.1, 0.15) is 5.75 Å². The highest BCUT2D eigenvalue weighted by molar-refractivity contribution is 8.00. The summed E-state index contributed by atoms with van der Waals surface area (Å²) >= 11 is 6.07. The Morgan fingerprint density at radius 3 is 2.27 bits per heavy atom. The molecule has 0 bridgehead atoms. The Labute approximate surface area is 183 Å². The third-order valence-electron chi connectivity index (χ3n) is 4.46. The van der Waals surface area contributed by atoms with E-state index in [0.29, 0.717) is 27.5 Å². The van der Waals surface area contributed by atoms with Crippen molar-refractivity contribution >= 4 is 40.6 Å². The second-order valence-electron chi connectivity index (χ2n) is 8.08. The summed E-state index contributed by atoms with van der Waals surface area (Å²) in [6.45, 7) is 7.28. The first-order chi connectivity index (χ1) is 13.6. The minimum Gasteiger partial charge on any atom is -0.507 e. The fourth-order valence-electron chi connectivity index (χ4n) is 2.95. The Balaban J connectivity index is 2.49. The molecule has 164 valence electrons. The highest BCUT2D eigenvalue weighted by Gasteiger charge is 2.30. The Bertz CT molecular complexity index is 970. The van der Waals surface area contributed by atoms with Crippen LogP contribution in [0.25, 0.3) is 0 Å². The van der Waals surface area contributed by atoms with Crippen LogP contribution in [-0.4, -0.2) is 30.6 Å². The Morgan fingerprint density at radius 1 is 1.17 bits per heavy atom. The number of hydrogen-bond donors (Lipinski definition) is 2. The molecule has 0 saturated carbocycles. The van der Waals surface area contributed by atoms with Crippen LogP contribution < -0.4 is 10.2 Å². The molecule has 0 aromatic heterocycles. The molecule has 0 heterocycles. The Hall–Kier alpha value is -2.06. The van der Waals surface area contributed by atoms with Crippen molar-refractivity contribution in [2.75, 3.05) is 24.3 Å². The SMILES string of the molecule is Cc1c(Cl)cc(C(C)(C)C)c(O)c1C(=O)Nc1ccc(SC(F)(F)F)cc1N(C)C. The number of aromatic hydroxyl groups is 1. The largest absolute Gasteiger partial charge is 0.507 e. The lowest BCUT2D eigenvalue weighted by Crippen LogP contribution is -2.20. The van der Waals surface area contributed by atoms with Gasteiger partial charge in [-0.1, -0.05) is 32.4 Å². The predicted octanol–water partition coefficient (Wildman–Crippen LogP) is 6.58. The normalized spacial score (nSPS) is 12.1. The quantitative estimate of drug-likeness (QED) is 0.506. The fourth-order valence-corrected chi connectivity index (χ4v) is 3.73. The highest BCUT2D eigenvalue weighted by Crippen LogP contribution is 2.41. The van der Waals surface area contributed by atoms with Gasteiger partial charge in [0.2, 0.25) is 0 Å². The maximum Gasteiger partial charge on any atom is 0.446 e. The van der Waals surface area contributed by atoms with Gasteiger partial charge in [-0.3, -0.25) is 4.79 Å². The molecule has 0 fully saturated rings. The molecule has 0 atom stereocenters. The number of phenols is 1. The van der Waals surface area contributed by atoms with Gasteiger partial charge < -0.3 is 15.3 Å². The molecule has 2 rings (SSSR count). The van der Waals surface area contributed by atoms with Gasteiger partial charge in [0, 0.05) is 29.6 Å². The van der Waals surface area contributed by atoms with Gasteiger partial charge in [-0.25, -0.2) is 0 Å². The number of anilines is 2. The molecule has 0 radical (unpaired) electrons. The molecule has 0 spiro atoms. The molecule has 30 heavy (non-hydrogen) atoms. The number of hydrogen-bond acceptors (Lipinski definition) is 4. The molecule has 0 unspecified atom stereocenters. The minimum absolute atomic E-state index is 0.000927. The molecule has 1 amide bonds. The van der Waals surface area contributed by atoms with Crippen molar-refractivity contribution in [3.63, 3.8) is 0 Å². The van der Waals surface area contributed by atoms with Crippen molar-refractivity contribution in [1.29, 1.82) is 0 Å². The lowest BCUT2D eigenvalue weighted by Gasteiger charge is -2.24. The molecule has 9 heteroatoms. The van der Waals surface area contributed by atoms with E-state index in [1.54, 1.807) is 32.0 Å². The molecule has 2 N–H and O–H groups in total. The van der Waals surface area contributed by atoms with Gasteiger partial charge in [0.15, 0.2) is 0 Å². The summed E-state index contributed by atoms with van der Waals surface area (Å²) in [4.78, 5) is 14.6. The number of alkyl halides is 3. The zero-order chi connectivity index (χ0) is 23.0. The van der Waals surface area contributed by atoms with Crippen molar-refractivity contribution in [2.45, 2.75) is 43.5 Å². The van der Waals surface area contributed by atoms with Crippen LogP contribution in [0.1, 0.15) is 42.3 Å². The Kier molecular flexibility index (Phi) is 6.93. The molecule has 0 saturated heterocycles. The van der Waals surface area contributed by atoms with Crippen molar-refractivity contribution in [1.82, 2.24) is 0 Å². The molecule has 4 nitrogen and oxygen atoms in total. The molecule has 0 aliphatic carbocycles. The predicted molar refractivity (Wildman–Crippen MR) is 117 cm³/mol. The van der Waals surface area contributed by atoms with Crippen LogP contribution in [0.2, 0.25) is 5.02 Å². The summed E-state index contributed by atoms with van der Waals surface area (Å²) in [6, 6.07) is 5.67. The number of nitrogens with one attached hydrogen (secondary N) is 1. The second-order valence-corrected chi connectivity index (χ2v) is 9.63. The van der Waals surface area contributed by atoms with Gasteiger partial charge in [-0.05, 0) is 53.9 Å². The molecule has 2 aromatic carbocycles. The zero-order valence-electron chi connectivity index (χ0n) is 17.5. The summed E-state index contributed by atoms with van der Waals surface area (Å²) in [5.74, 6) is -0.769. The standard InChI is InChI=1S/C21H24ClF3N2O2S/c1-11-14(22)10-13(20(2,3)4)18(28)17(11)19(29)26-15-8-7-12(30-21(23,24)25)9-16(15)27(5)6/h7-10,28H,1-6H3,(H,26,29). The number of benzene rings is 2. The van der Waals surface area contributed by atoms with Gasteiger partial charge in [-0.2, -0.15) is 13.2 Å². The molecular formula is C21H24ClF3N2O2S. The summed E-state index contributed by atoms with van der Waals surface area (Å²) in [6.07, 6.45) is 0. The van der Waals surface area contributed by atoms with Crippen LogP contribution in [-0.2, 0) is 5.41 Å². The summed E-state index contributed by atoms with van der Waals surface area (Å²) in [7, 11) is 3.32. The van der Waals surface area contributed by atoms with Gasteiger partial charge in [0.05, 0.1) is 16.9 Å². The first-order valence-corrected chi connectivity index (χ1v) is 10.2. The van der Waals surface area contributed by atoms with E-state index in [2.05, 4.69) is 5.32 Å². The van der Waals surface area contributed by atoms with E-state index in [0.717, 1.165) is 0 Å². The maximum absolute atomic E-state index is 13.0. The number of halogens is 4. The fraction of sp³-hybridized carbons (Fsp3) is 0.381. The topological polar surface area (TPSA) is 52.6 Å². The average Bonchev–Trinajstić information content (AvgIpc) is 2.57. The van der Waals surface area contributed by atoms with Gasteiger partial charge >= 0.3 is 5.51 Å². The van der Waals surface area contributed by atoms with E-state index < -0.39 is 16.8 Å². The van der Waals surface area contributed by atoms with Gasteiger partial charge in [0.25, 0.3) is 5.91 Å². The van der Waals surface area contributed by atoms with Crippen LogP contribution in [0.4, 0.5) is 24.5 Å². The number of carbonyl (C=O) groups excluding carboxylic acids is 1. The highest BCUT2D eigenvalue weighted by atomic mass is 35.5. The van der Waals surface area contributed by atoms with E-state index in [-0.39, 0.29) is 28.0 Å². The number of thioether (sulfide) groups is 1. The van der Waals surface area contributed by atoms with Crippen molar-refractivity contribution < 1.29 is 23.1 Å². The lowest BCUT2D eigenvalue weighted by atomic mass is 9.84. The minimum atomic E-state index is -4.42. The van der Waals surface area contributed by atoms with E-state index in [1.165, 1.54) is 18.2 Å². The zero-order valence-corrected chi connectivity index (χ0v) is 19.1. The maximum atomic E-state index is 13.0. The summed E-state index contributed by atoms with van der Waals surface area (Å²) < 4.78 is 38.1. The van der Waals surface area contributed by atoms with E-state index in [4.69, 9.17) is 11.6 Å². The van der Waals surface area contributed by atoms with Gasteiger partial charge in [-0.15, -0.1) is 0 Å². The molecular weight excluding hydrogens is 437 g/mol. The third-order valence-corrected chi connectivity index (χ3v) is 5.58. The third kappa shape index (κ3) is 5.55. The number of carbonyl (C=O) groups is 1. The molecule has 2 aromatic rings. The smallest absolute Gasteiger partial charge is 0.446 e. The van der Waals surface area contributed by atoms with Crippen LogP contribution >= 0.6 is 23.4 Å². The summed E-state index contributed by atoms with van der Waals surface area (Å²) in [5.41, 5.74) is -3.20. The first-order valence-electron chi connectivity index (χ1n) is 9.03. The van der Waals surface area contributed by atoms with Crippen molar-refractivity contribution in [2.24, 2.45) is 0 Å². The van der Waals surface area contributed by atoms with Crippen LogP contribution in [0.3, 0.4) is 0 Å². The van der Waals surface area contributed by atoms with Crippen LogP contribution in [0, 0.1) is 6.92 Å². The number of amides is 1. The number of rotatable bonds is 4. The lowest BCUT2D eigenvalue weighted by molar-refractivity contribution is -0.0328. The molecule has 0 aliphatic rings. The number of phenolic OH excluding ortho intramolecular Hbond substituents is 1. The number of nitrogens with zero attached hydrogens (tertiary/aromatic N) is 1. The Morgan fingerprint density at radius 2 is 1.77 bits per heavy atom. The summed E-state index contributed by atoms with van der Waals surface area (Å²) in [5, 5.41) is 13.8. The van der Waals surface area contributed by atoms with Crippen LogP contribution in [0.15, 0.2) is 29.2 Å². The average molecular weight is 461 g/mol. The first kappa shape index (κ1) is 24.2. The van der Waals surface area contributed by atoms with E-state index in [9.17, 15) is 23.1 Å². The van der Waals surface area contributed by atoms with Crippen molar-refractivity contribution in [3.8, 4) is 5.75 Å². The monoisotopic (exact) mass is 460 g/mol. The van der Waals surface area contributed by atoms with E-state index >= 15 is 0 Å².